The molecule has 1 aromatic rings. The van der Waals surface area contributed by atoms with Gasteiger partial charge in [0.25, 0.3) is 0 Å². The number of hydrogen-bond donors (Lipinski definition) is 2. The zero-order chi connectivity index (χ0) is 24.5. The number of hydrogen-bond acceptors (Lipinski definition) is 5. The van der Waals surface area contributed by atoms with Crippen LogP contribution in [0.2, 0.25) is 0 Å². The summed E-state index contributed by atoms with van der Waals surface area (Å²) in [7, 11) is 0. The molecule has 2 N–H and O–H groups in total. The first-order valence-electron chi connectivity index (χ1n) is 13.1. The third-order valence-corrected chi connectivity index (χ3v) is 8.92. The fourth-order valence-electron chi connectivity index (χ4n) is 6.61. The fourth-order valence-corrected chi connectivity index (χ4v) is 6.61. The van der Waals surface area contributed by atoms with Crippen LogP contribution in [0.5, 0.6) is 0 Å². The van der Waals surface area contributed by atoms with E-state index in [1.165, 1.54) is 10.5 Å². The van der Waals surface area contributed by atoms with Gasteiger partial charge in [0.1, 0.15) is 12.2 Å². The number of fused-ring (bicyclic) bond motifs is 3. The summed E-state index contributed by atoms with van der Waals surface area (Å²) in [5.74, 6) is 0.00359. The zero-order valence-corrected chi connectivity index (χ0v) is 20.3. The lowest BCUT2D eigenvalue weighted by Gasteiger charge is -2.53. The summed E-state index contributed by atoms with van der Waals surface area (Å²) in [6.07, 6.45) is 5.07. The molecule has 35 heavy (non-hydrogen) atoms. The van der Waals surface area contributed by atoms with Crippen LogP contribution in [-0.2, 0) is 16.1 Å². The highest BCUT2D eigenvalue weighted by Gasteiger charge is 2.52. The molecule has 0 aromatic heterocycles. The van der Waals surface area contributed by atoms with Crippen LogP contribution < -0.4 is 10.6 Å². The number of halogens is 1. The van der Waals surface area contributed by atoms with Gasteiger partial charge in [-0.25, -0.2) is 4.39 Å². The number of carbonyl (C=O) groups is 2. The molecule has 1 aromatic carbocycles. The molecular weight excluding hydrogens is 445 g/mol. The second-order valence-electron chi connectivity index (χ2n) is 11.1. The van der Waals surface area contributed by atoms with Crippen molar-refractivity contribution in [1.29, 1.82) is 5.26 Å². The quantitative estimate of drug-likeness (QED) is 0.625. The van der Waals surface area contributed by atoms with E-state index in [-0.39, 0.29) is 48.3 Å². The highest BCUT2D eigenvalue weighted by atomic mass is 19.1. The van der Waals surface area contributed by atoms with E-state index in [1.54, 1.807) is 0 Å². The number of amides is 2. The molecule has 3 saturated carbocycles. The number of benzene rings is 1. The molecule has 2 bridgehead atoms. The molecule has 7 nitrogen and oxygen atoms in total. The number of nitrogens with one attached hydrogen (secondary N) is 2. The molecule has 2 heterocycles. The van der Waals surface area contributed by atoms with Crippen LogP contribution in [0.1, 0.15) is 56.9 Å². The van der Waals surface area contributed by atoms with Crippen molar-refractivity contribution in [3.8, 4) is 6.07 Å². The van der Waals surface area contributed by atoms with E-state index in [4.69, 9.17) is 0 Å². The monoisotopic (exact) mass is 481 g/mol. The normalized spacial score (nSPS) is 34.6. The van der Waals surface area contributed by atoms with Gasteiger partial charge in [0.15, 0.2) is 0 Å². The SMILES string of the molecule is N#CC1CC(F)CN1C(=O)CNC12CCC(C(=O)NC3CCN(Cc4ccccc4)C3)(CC1)CC2. The second-order valence-corrected chi connectivity index (χ2v) is 11.1. The molecule has 2 saturated heterocycles. The van der Waals surface area contributed by atoms with E-state index < -0.39 is 12.2 Å². The number of alkyl halides is 1. The molecule has 5 aliphatic rings. The van der Waals surface area contributed by atoms with Gasteiger partial charge in [-0.2, -0.15) is 5.26 Å². The van der Waals surface area contributed by atoms with E-state index in [9.17, 15) is 19.2 Å². The van der Waals surface area contributed by atoms with Gasteiger partial charge in [-0.05, 0) is 50.5 Å². The Balaban J connectivity index is 1.09. The van der Waals surface area contributed by atoms with Gasteiger partial charge in [-0.15, -0.1) is 0 Å². The summed E-state index contributed by atoms with van der Waals surface area (Å²) in [6, 6.07) is 12.0. The van der Waals surface area contributed by atoms with Crippen LogP contribution in [0, 0.1) is 16.7 Å². The molecule has 5 fully saturated rings. The number of rotatable bonds is 7. The molecule has 2 aliphatic heterocycles. The van der Waals surface area contributed by atoms with Crippen LogP contribution in [0.15, 0.2) is 30.3 Å². The maximum Gasteiger partial charge on any atom is 0.237 e. The molecule has 2 amide bonds. The van der Waals surface area contributed by atoms with Crippen molar-refractivity contribution >= 4 is 11.8 Å². The lowest BCUT2D eigenvalue weighted by atomic mass is 9.57. The smallest absolute Gasteiger partial charge is 0.237 e. The molecule has 188 valence electrons. The Morgan fingerprint density at radius 2 is 1.80 bits per heavy atom. The number of nitrogens with zero attached hydrogens (tertiary/aromatic N) is 3. The minimum absolute atomic E-state index is 0.0129. The maximum atomic E-state index is 13.7. The Hall–Kier alpha value is -2.50. The summed E-state index contributed by atoms with van der Waals surface area (Å²) < 4.78 is 13.7. The molecule has 0 spiro atoms. The molecule has 0 radical (unpaired) electrons. The second kappa shape index (κ2) is 9.87. The van der Waals surface area contributed by atoms with E-state index in [2.05, 4.69) is 39.8 Å². The first-order valence-corrected chi connectivity index (χ1v) is 13.1. The highest BCUT2D eigenvalue weighted by Crippen LogP contribution is 2.52. The molecular formula is C27H36FN5O2. The van der Waals surface area contributed by atoms with Gasteiger partial charge in [0.05, 0.1) is 19.2 Å². The predicted molar refractivity (Wildman–Crippen MR) is 130 cm³/mol. The third-order valence-electron chi connectivity index (χ3n) is 8.92. The van der Waals surface area contributed by atoms with Crippen molar-refractivity contribution in [3.63, 3.8) is 0 Å². The van der Waals surface area contributed by atoms with Crippen molar-refractivity contribution < 1.29 is 14.0 Å². The van der Waals surface area contributed by atoms with Crippen LogP contribution >= 0.6 is 0 Å². The van der Waals surface area contributed by atoms with E-state index >= 15 is 0 Å². The van der Waals surface area contributed by atoms with Gasteiger partial charge in [0, 0.05) is 43.1 Å². The van der Waals surface area contributed by atoms with Crippen molar-refractivity contribution in [3.05, 3.63) is 35.9 Å². The van der Waals surface area contributed by atoms with Crippen LogP contribution in [0.4, 0.5) is 4.39 Å². The number of nitriles is 1. The molecule has 3 unspecified atom stereocenters. The summed E-state index contributed by atoms with van der Waals surface area (Å²) >= 11 is 0. The van der Waals surface area contributed by atoms with Crippen LogP contribution in [0.3, 0.4) is 0 Å². The Morgan fingerprint density at radius 3 is 2.49 bits per heavy atom. The van der Waals surface area contributed by atoms with Gasteiger partial charge in [-0.1, -0.05) is 30.3 Å². The van der Waals surface area contributed by atoms with E-state index in [1.807, 2.05) is 12.1 Å². The summed E-state index contributed by atoms with van der Waals surface area (Å²) in [5.41, 5.74) is 0.884. The van der Waals surface area contributed by atoms with Crippen molar-refractivity contribution in [2.45, 2.75) is 81.7 Å². The Bertz CT molecular complexity index is 955. The minimum Gasteiger partial charge on any atom is -0.352 e. The topological polar surface area (TPSA) is 88.5 Å². The first-order chi connectivity index (χ1) is 16.9. The lowest BCUT2D eigenvalue weighted by molar-refractivity contribution is -0.140. The Kier molecular flexibility index (Phi) is 6.82. The standard InChI is InChI=1S/C27H36FN5O2/c28-21-14-23(15-29)33(18-21)24(34)16-30-27-10-7-26(8-11-27,9-12-27)25(35)31-22-6-13-32(19-22)17-20-4-2-1-3-5-20/h1-5,21-23,30H,6-14,16-19H2,(H,31,35). The molecule has 3 atom stereocenters. The average molecular weight is 482 g/mol. The first kappa shape index (κ1) is 24.2. The van der Waals surface area contributed by atoms with Gasteiger partial charge >= 0.3 is 0 Å². The van der Waals surface area contributed by atoms with E-state index in [0.29, 0.717) is 0 Å². The van der Waals surface area contributed by atoms with Crippen LogP contribution in [0.25, 0.3) is 0 Å². The largest absolute Gasteiger partial charge is 0.352 e. The highest BCUT2D eigenvalue weighted by molar-refractivity contribution is 5.83. The maximum absolute atomic E-state index is 13.7. The molecule has 8 heteroatoms. The third kappa shape index (κ3) is 5.07. The van der Waals surface area contributed by atoms with Crippen LogP contribution in [-0.4, -0.2) is 71.6 Å². The van der Waals surface area contributed by atoms with Crippen molar-refractivity contribution in [2.24, 2.45) is 5.41 Å². The predicted octanol–water partition coefficient (Wildman–Crippen LogP) is 2.52. The zero-order valence-electron chi connectivity index (χ0n) is 20.3. The van der Waals surface area contributed by atoms with Gasteiger partial charge in [-0.3, -0.25) is 14.5 Å². The van der Waals surface area contributed by atoms with Gasteiger partial charge < -0.3 is 15.5 Å². The molecule has 3 aliphatic carbocycles. The Morgan fingerprint density at radius 1 is 1.09 bits per heavy atom. The summed E-state index contributed by atoms with van der Waals surface area (Å²) in [5, 5.41) is 16.0. The lowest BCUT2D eigenvalue weighted by Crippen LogP contribution is -2.60. The summed E-state index contributed by atoms with van der Waals surface area (Å²) in [6.45, 7) is 2.96. The molecule has 6 rings (SSSR count). The minimum atomic E-state index is -1.12. The van der Waals surface area contributed by atoms with Crippen molar-refractivity contribution in [2.75, 3.05) is 26.2 Å². The van der Waals surface area contributed by atoms with E-state index in [0.717, 1.165) is 64.6 Å². The summed E-state index contributed by atoms with van der Waals surface area (Å²) in [4.78, 5) is 29.8. The van der Waals surface area contributed by atoms with Gasteiger partial charge in [0.2, 0.25) is 11.8 Å². The number of likely N-dealkylation sites (tertiary alicyclic amines) is 2. The fraction of sp³-hybridized carbons (Fsp3) is 0.667. The Labute approximate surface area is 207 Å². The average Bonchev–Trinajstić information content (AvgIpc) is 3.50. The van der Waals surface area contributed by atoms with Crippen molar-refractivity contribution in [1.82, 2.24) is 20.4 Å². The number of carbonyl (C=O) groups excluding carboxylic acids is 2.